The van der Waals surface area contributed by atoms with Crippen molar-refractivity contribution in [3.63, 3.8) is 0 Å². The van der Waals surface area contributed by atoms with Crippen molar-refractivity contribution in [1.29, 1.82) is 0 Å². The zero-order valence-electron chi connectivity index (χ0n) is 15.8. The molecule has 4 atom stereocenters. The van der Waals surface area contributed by atoms with E-state index in [1.54, 1.807) is 24.7 Å². The van der Waals surface area contributed by atoms with Crippen LogP contribution in [0.15, 0.2) is 23.6 Å². The van der Waals surface area contributed by atoms with Gasteiger partial charge >= 0.3 is 0 Å². The van der Waals surface area contributed by atoms with Crippen LogP contribution in [0.3, 0.4) is 0 Å². The topological polar surface area (TPSA) is 160 Å². The second kappa shape index (κ2) is 7.39. The van der Waals surface area contributed by atoms with Gasteiger partial charge in [-0.1, -0.05) is 0 Å². The molecule has 12 heteroatoms. The maximum Gasteiger partial charge on any atom is 0.278 e. The Morgan fingerprint density at radius 2 is 2.17 bits per heavy atom. The normalized spacial score (nSPS) is 24.7. The first-order valence-corrected chi connectivity index (χ1v) is 9.02. The molecule has 1 aliphatic heterocycles. The monoisotopic (exact) mass is 403 g/mol. The predicted molar refractivity (Wildman–Crippen MR) is 99.1 cm³/mol. The average Bonchev–Trinajstić information content (AvgIpc) is 3.25. The highest BCUT2D eigenvalue weighted by Gasteiger charge is 2.39. The summed E-state index contributed by atoms with van der Waals surface area (Å²) in [5, 5.41) is 27.8. The molecule has 0 aliphatic carbocycles. The first-order chi connectivity index (χ1) is 13.8. The van der Waals surface area contributed by atoms with E-state index in [-0.39, 0.29) is 24.2 Å². The minimum absolute atomic E-state index is 0.00852. The van der Waals surface area contributed by atoms with Gasteiger partial charge in [0.2, 0.25) is 0 Å². The lowest BCUT2D eigenvalue weighted by Crippen LogP contribution is -2.60. The van der Waals surface area contributed by atoms with E-state index in [9.17, 15) is 19.8 Å². The number of aryl methyl sites for hydroxylation is 2. The molecular formula is C17H21N7O5. The minimum Gasteiger partial charge on any atom is -0.388 e. The Morgan fingerprint density at radius 1 is 1.38 bits per heavy atom. The molecule has 4 rings (SSSR count). The number of carbonyl (C=O) groups is 1. The number of aromatic nitrogens is 6. The SMILES string of the molecule is Cc1nn(C)cc1C(=O)N[C@@H]1CO[C@H](Cn2cnc3c(=O)[nH]cnc32)[C@@H](O)[C@H]1O. The van der Waals surface area contributed by atoms with Crippen LogP contribution in [-0.4, -0.2) is 76.4 Å². The van der Waals surface area contributed by atoms with Crippen LogP contribution in [0.5, 0.6) is 0 Å². The number of fused-ring (bicyclic) bond motifs is 1. The van der Waals surface area contributed by atoms with Crippen LogP contribution < -0.4 is 10.9 Å². The van der Waals surface area contributed by atoms with E-state index in [4.69, 9.17) is 4.74 Å². The van der Waals surface area contributed by atoms with E-state index in [2.05, 4.69) is 25.4 Å². The van der Waals surface area contributed by atoms with E-state index in [0.29, 0.717) is 16.9 Å². The van der Waals surface area contributed by atoms with Crippen LogP contribution in [0, 0.1) is 6.92 Å². The smallest absolute Gasteiger partial charge is 0.278 e. The molecule has 1 aliphatic rings. The molecule has 154 valence electrons. The number of imidazole rings is 1. The maximum atomic E-state index is 12.4. The molecule has 0 radical (unpaired) electrons. The van der Waals surface area contributed by atoms with Gasteiger partial charge in [0, 0.05) is 13.2 Å². The van der Waals surface area contributed by atoms with Gasteiger partial charge in [-0.25, -0.2) is 9.97 Å². The number of amides is 1. The minimum atomic E-state index is -1.26. The van der Waals surface area contributed by atoms with Crippen molar-refractivity contribution in [2.24, 2.45) is 7.05 Å². The van der Waals surface area contributed by atoms with Crippen molar-refractivity contribution in [3.05, 3.63) is 40.5 Å². The van der Waals surface area contributed by atoms with E-state index in [1.165, 1.54) is 17.3 Å². The number of hydrogen-bond donors (Lipinski definition) is 4. The number of ether oxygens (including phenoxy) is 1. The van der Waals surface area contributed by atoms with Gasteiger partial charge in [0.05, 0.1) is 43.1 Å². The zero-order chi connectivity index (χ0) is 20.7. The third-order valence-corrected chi connectivity index (χ3v) is 4.99. The molecule has 1 saturated heterocycles. The summed E-state index contributed by atoms with van der Waals surface area (Å²) in [7, 11) is 1.71. The Balaban J connectivity index is 1.45. The van der Waals surface area contributed by atoms with Crippen LogP contribution >= 0.6 is 0 Å². The van der Waals surface area contributed by atoms with Crippen LogP contribution in [0.25, 0.3) is 11.2 Å². The van der Waals surface area contributed by atoms with Gasteiger partial charge in [0.25, 0.3) is 11.5 Å². The Bertz CT molecular complexity index is 1100. The summed E-state index contributed by atoms with van der Waals surface area (Å²) in [4.78, 5) is 34.7. The lowest BCUT2D eigenvalue weighted by Gasteiger charge is -2.38. The van der Waals surface area contributed by atoms with Gasteiger partial charge in [-0.05, 0) is 6.92 Å². The van der Waals surface area contributed by atoms with Gasteiger partial charge in [-0.3, -0.25) is 14.3 Å². The van der Waals surface area contributed by atoms with Crippen LogP contribution in [-0.2, 0) is 18.3 Å². The number of aliphatic hydroxyl groups excluding tert-OH is 2. The van der Waals surface area contributed by atoms with Crippen LogP contribution in [0.2, 0.25) is 0 Å². The summed E-state index contributed by atoms with van der Waals surface area (Å²) < 4.78 is 8.79. The quantitative estimate of drug-likeness (QED) is 0.392. The average molecular weight is 403 g/mol. The van der Waals surface area contributed by atoms with E-state index in [0.717, 1.165) is 0 Å². The van der Waals surface area contributed by atoms with Crippen LogP contribution in [0.1, 0.15) is 16.1 Å². The molecule has 0 unspecified atom stereocenters. The zero-order valence-corrected chi connectivity index (χ0v) is 15.8. The lowest BCUT2D eigenvalue weighted by atomic mass is 9.97. The Kier molecular flexibility index (Phi) is 4.90. The molecule has 12 nitrogen and oxygen atoms in total. The molecule has 3 aromatic heterocycles. The number of carbonyl (C=O) groups excluding carboxylic acids is 1. The molecule has 0 bridgehead atoms. The van der Waals surface area contributed by atoms with Gasteiger partial charge in [0.15, 0.2) is 11.2 Å². The third kappa shape index (κ3) is 3.52. The number of H-pyrrole nitrogens is 1. The summed E-state index contributed by atoms with van der Waals surface area (Å²) >= 11 is 0. The van der Waals surface area contributed by atoms with E-state index < -0.39 is 30.3 Å². The third-order valence-electron chi connectivity index (χ3n) is 4.99. The second-order valence-electron chi connectivity index (χ2n) is 7.04. The molecule has 1 fully saturated rings. The van der Waals surface area contributed by atoms with Crippen molar-refractivity contribution >= 4 is 17.1 Å². The summed E-state index contributed by atoms with van der Waals surface area (Å²) in [5.41, 5.74) is 1.10. The fraction of sp³-hybridized carbons (Fsp3) is 0.471. The van der Waals surface area contributed by atoms with Crippen LogP contribution in [0.4, 0.5) is 0 Å². The number of nitrogens with zero attached hydrogens (tertiary/aromatic N) is 5. The van der Waals surface area contributed by atoms with Crippen molar-refractivity contribution in [2.45, 2.75) is 37.8 Å². The second-order valence-corrected chi connectivity index (χ2v) is 7.04. The molecular weight excluding hydrogens is 382 g/mol. The Hall–Kier alpha value is -3.09. The number of hydrogen-bond acceptors (Lipinski definition) is 8. The first-order valence-electron chi connectivity index (χ1n) is 9.02. The first kappa shape index (κ1) is 19.2. The Morgan fingerprint density at radius 3 is 2.90 bits per heavy atom. The summed E-state index contributed by atoms with van der Waals surface area (Å²) in [5.74, 6) is -0.405. The van der Waals surface area contributed by atoms with Gasteiger partial charge < -0.3 is 29.8 Å². The lowest BCUT2D eigenvalue weighted by molar-refractivity contribution is -0.152. The summed E-state index contributed by atoms with van der Waals surface area (Å²) in [6, 6.07) is -0.783. The fourth-order valence-electron chi connectivity index (χ4n) is 3.46. The predicted octanol–water partition coefficient (Wildman–Crippen LogP) is -1.92. The van der Waals surface area contributed by atoms with E-state index in [1.807, 2.05) is 0 Å². The Labute approximate surface area is 164 Å². The highest BCUT2D eigenvalue weighted by molar-refractivity contribution is 5.95. The molecule has 29 heavy (non-hydrogen) atoms. The highest BCUT2D eigenvalue weighted by Crippen LogP contribution is 2.19. The van der Waals surface area contributed by atoms with Crippen molar-refractivity contribution in [2.75, 3.05) is 6.61 Å². The highest BCUT2D eigenvalue weighted by atomic mass is 16.5. The number of rotatable bonds is 4. The van der Waals surface area contributed by atoms with Gasteiger partial charge in [-0.2, -0.15) is 5.10 Å². The molecule has 4 N–H and O–H groups in total. The standard InChI is InChI=1S/C17H21N7O5/c1-8-9(3-23(2)22-8)16(27)21-10-5-29-11(14(26)13(10)25)4-24-7-20-12-15(24)18-6-19-17(12)28/h3,6-7,10-11,13-14,25-26H,4-5H2,1-2H3,(H,21,27)(H,18,19,28)/t10-,11-,13+,14-/m1/s1. The largest absolute Gasteiger partial charge is 0.388 e. The molecule has 1 amide bonds. The molecule has 0 spiro atoms. The molecule has 3 aromatic rings. The number of aromatic amines is 1. The van der Waals surface area contributed by atoms with E-state index >= 15 is 0 Å². The fourth-order valence-corrected chi connectivity index (χ4v) is 3.46. The van der Waals surface area contributed by atoms with Gasteiger partial charge in [-0.15, -0.1) is 0 Å². The number of aliphatic hydroxyl groups is 2. The van der Waals surface area contributed by atoms with Crippen molar-refractivity contribution < 1.29 is 19.7 Å². The molecule has 0 saturated carbocycles. The van der Waals surface area contributed by atoms with Gasteiger partial charge in [0.1, 0.15) is 18.3 Å². The summed E-state index contributed by atoms with van der Waals surface area (Å²) in [6.45, 7) is 1.85. The van der Waals surface area contributed by atoms with Crippen molar-refractivity contribution in [1.82, 2.24) is 34.6 Å². The number of nitrogens with one attached hydrogen (secondary N) is 2. The molecule has 4 heterocycles. The summed E-state index contributed by atoms with van der Waals surface area (Å²) in [6.07, 6.45) is 1.01. The van der Waals surface area contributed by atoms with Crippen molar-refractivity contribution in [3.8, 4) is 0 Å². The maximum absolute atomic E-state index is 12.4. The molecule has 0 aromatic carbocycles.